The smallest absolute Gasteiger partial charge is 0.197 e. The van der Waals surface area contributed by atoms with E-state index in [-0.39, 0.29) is 0 Å². The summed E-state index contributed by atoms with van der Waals surface area (Å²) in [5.74, 6) is 0. The van der Waals surface area contributed by atoms with E-state index in [0.717, 1.165) is 0 Å². The number of hydrogen-bond acceptors (Lipinski definition) is 1. The molecule has 11 rings (SSSR count). The van der Waals surface area contributed by atoms with E-state index in [1.807, 2.05) is 0 Å². The number of H-pyrrole nitrogens is 1. The number of aromatic nitrogens is 1. The van der Waals surface area contributed by atoms with Crippen molar-refractivity contribution in [1.29, 1.82) is 0 Å². The summed E-state index contributed by atoms with van der Waals surface area (Å²) in [7, 11) is 0.640. The van der Waals surface area contributed by atoms with Crippen LogP contribution in [0.25, 0.3) is 43.7 Å². The number of nitrogens with one attached hydrogen (secondary N) is 1. The summed E-state index contributed by atoms with van der Waals surface area (Å²) in [6.45, 7) is 2.24. The van der Waals surface area contributed by atoms with Crippen LogP contribution in [0.5, 0.6) is 0 Å². The molecule has 9 aromatic rings. The van der Waals surface area contributed by atoms with Crippen LogP contribution in [0.15, 0.2) is 189 Å². The third kappa shape index (κ3) is 3.97. The Labute approximate surface area is 299 Å². The molecule has 0 amide bonds. The number of para-hydroxylation sites is 3. The second-order valence-electron chi connectivity index (χ2n) is 13.7. The Hall–Kier alpha value is -5.97. The first kappa shape index (κ1) is 28.8. The molecular weight excluding hydrogens is 635 g/mol. The highest BCUT2D eigenvalue weighted by Gasteiger charge is 2.45. The summed E-state index contributed by atoms with van der Waals surface area (Å²) in [4.78, 5) is 11.9. The Morgan fingerprint density at radius 1 is 0.529 bits per heavy atom. The number of rotatable bonds is 3. The maximum atomic E-state index is 3.87. The summed E-state index contributed by atoms with van der Waals surface area (Å²) >= 11 is 0. The Balaban J connectivity index is 1.20. The maximum absolute atomic E-state index is 3.87. The number of anilines is 3. The van der Waals surface area contributed by atoms with Gasteiger partial charge in [-0.25, -0.2) is 0 Å². The normalized spacial score (nSPS) is 14.5. The topological polar surface area (TPSA) is 19.0 Å². The predicted octanol–water partition coefficient (Wildman–Crippen LogP) is 11.5. The fraction of sp³-hybridized carbons (Fsp3) is 0.0213. The monoisotopic (exact) mass is 667 g/mol. The second kappa shape index (κ2) is 10.8. The Morgan fingerprint density at radius 2 is 1.20 bits per heavy atom. The fourth-order valence-electron chi connectivity index (χ4n) is 8.76. The quantitative estimate of drug-likeness (QED) is 0.186. The molecule has 0 spiro atoms. The van der Waals surface area contributed by atoms with Gasteiger partial charge in [0.25, 0.3) is 0 Å². The molecule has 0 saturated carbocycles. The molecule has 2 nitrogen and oxygen atoms in total. The highest BCUT2D eigenvalue weighted by atomic mass is 32.3. The van der Waals surface area contributed by atoms with Gasteiger partial charge in [0, 0.05) is 47.1 Å². The molecule has 4 heteroatoms. The van der Waals surface area contributed by atoms with Crippen LogP contribution in [0.2, 0.25) is 0 Å². The van der Waals surface area contributed by atoms with Crippen LogP contribution in [-0.2, 0) is 0 Å². The van der Waals surface area contributed by atoms with Crippen LogP contribution >= 0.6 is 10.0 Å². The van der Waals surface area contributed by atoms with Gasteiger partial charge in [-0.1, -0.05) is 115 Å². The standard InChI is InChI=1S/C47H32BN2S/c1-30-26-38(36-21-12-20-35-37-28-31-14-8-9-15-32(31)29-40(37)49-46(35)36)45-42(27-30)50-41-23-10-11-24-43(41)51(33-16-4-2-5-17-33,34-18-6-3-7-19-34)44-25-13-22-39(48-45)47(44)50/h2-29,49H,1H3. The molecule has 0 bridgehead atoms. The molecule has 1 radical (unpaired) electrons. The molecule has 239 valence electrons. The summed E-state index contributed by atoms with van der Waals surface area (Å²) < 4.78 is 0. The van der Waals surface area contributed by atoms with Crippen LogP contribution in [0, 0.1) is 6.92 Å². The van der Waals surface area contributed by atoms with Gasteiger partial charge in [0.15, 0.2) is 7.28 Å². The van der Waals surface area contributed by atoms with Crippen molar-refractivity contribution >= 4 is 77.9 Å². The van der Waals surface area contributed by atoms with Crippen molar-refractivity contribution in [3.05, 3.63) is 175 Å². The molecule has 0 saturated heterocycles. The largest absolute Gasteiger partial charge is 0.354 e. The van der Waals surface area contributed by atoms with Gasteiger partial charge in [-0.15, -0.1) is 10.0 Å². The lowest BCUT2D eigenvalue weighted by Gasteiger charge is -2.52. The maximum Gasteiger partial charge on any atom is 0.197 e. The lowest BCUT2D eigenvalue weighted by molar-refractivity contribution is 1.12. The Bertz CT molecular complexity index is 2820. The third-order valence-electron chi connectivity index (χ3n) is 10.8. The van der Waals surface area contributed by atoms with Crippen molar-refractivity contribution in [2.24, 2.45) is 0 Å². The highest BCUT2D eigenvalue weighted by molar-refractivity contribution is 8.34. The van der Waals surface area contributed by atoms with E-state index in [9.17, 15) is 0 Å². The fourth-order valence-corrected chi connectivity index (χ4v) is 12.9. The highest BCUT2D eigenvalue weighted by Crippen LogP contribution is 2.79. The van der Waals surface area contributed by atoms with E-state index in [0.29, 0.717) is 0 Å². The molecule has 0 unspecified atom stereocenters. The minimum atomic E-state index is -1.81. The lowest BCUT2D eigenvalue weighted by Crippen LogP contribution is -2.43. The molecule has 0 atom stereocenters. The Kier molecular flexibility index (Phi) is 6.09. The van der Waals surface area contributed by atoms with Gasteiger partial charge in [-0.05, 0) is 94.9 Å². The van der Waals surface area contributed by atoms with Gasteiger partial charge in [0.1, 0.15) is 0 Å². The van der Waals surface area contributed by atoms with Crippen LogP contribution in [0.3, 0.4) is 0 Å². The molecule has 1 aromatic heterocycles. The van der Waals surface area contributed by atoms with E-state index >= 15 is 0 Å². The number of fused-ring (bicyclic) bond motifs is 8. The first-order valence-electron chi connectivity index (χ1n) is 17.6. The van der Waals surface area contributed by atoms with Gasteiger partial charge in [0.05, 0.1) is 16.9 Å². The lowest BCUT2D eigenvalue weighted by atomic mass is 9.58. The first-order chi connectivity index (χ1) is 25.2. The second-order valence-corrected chi connectivity index (χ2v) is 16.8. The molecule has 0 aliphatic carbocycles. The summed E-state index contributed by atoms with van der Waals surface area (Å²) in [5.41, 5.74) is 12.3. The van der Waals surface area contributed by atoms with Crippen molar-refractivity contribution in [2.75, 3.05) is 4.90 Å². The Morgan fingerprint density at radius 3 is 1.98 bits per heavy atom. The van der Waals surface area contributed by atoms with E-state index in [1.165, 1.54) is 96.8 Å². The van der Waals surface area contributed by atoms with Gasteiger partial charge in [0.2, 0.25) is 0 Å². The van der Waals surface area contributed by atoms with Crippen LogP contribution in [-0.4, -0.2) is 12.3 Å². The predicted molar refractivity (Wildman–Crippen MR) is 217 cm³/mol. The van der Waals surface area contributed by atoms with Crippen molar-refractivity contribution in [1.82, 2.24) is 4.98 Å². The van der Waals surface area contributed by atoms with Crippen molar-refractivity contribution in [3.63, 3.8) is 0 Å². The molecule has 51 heavy (non-hydrogen) atoms. The molecule has 3 heterocycles. The van der Waals surface area contributed by atoms with E-state index < -0.39 is 10.0 Å². The average Bonchev–Trinajstić information content (AvgIpc) is 3.55. The van der Waals surface area contributed by atoms with Crippen LogP contribution in [0.4, 0.5) is 17.1 Å². The third-order valence-corrected chi connectivity index (χ3v) is 14.8. The van der Waals surface area contributed by atoms with Gasteiger partial charge < -0.3 is 9.88 Å². The zero-order valence-electron chi connectivity index (χ0n) is 28.1. The molecule has 0 fully saturated rings. The number of benzene rings is 8. The minimum absolute atomic E-state index is 1.17. The number of nitrogens with zero attached hydrogens (tertiary/aromatic N) is 1. The number of aryl methyl sites for hydroxylation is 1. The molecular formula is C47H32BN2S. The summed E-state index contributed by atoms with van der Waals surface area (Å²) in [5, 5.41) is 5.03. The molecule has 2 aliphatic rings. The molecule has 8 aromatic carbocycles. The van der Waals surface area contributed by atoms with E-state index in [4.69, 9.17) is 0 Å². The molecule has 2 aliphatic heterocycles. The van der Waals surface area contributed by atoms with Crippen molar-refractivity contribution in [3.8, 4) is 11.1 Å². The van der Waals surface area contributed by atoms with Crippen molar-refractivity contribution < 1.29 is 0 Å². The van der Waals surface area contributed by atoms with Crippen LogP contribution < -0.4 is 15.8 Å². The average molecular weight is 668 g/mol. The van der Waals surface area contributed by atoms with Crippen molar-refractivity contribution in [2.45, 2.75) is 26.5 Å². The molecule has 1 N–H and O–H groups in total. The zero-order valence-corrected chi connectivity index (χ0v) is 28.9. The number of aromatic amines is 1. The summed E-state index contributed by atoms with van der Waals surface area (Å²) in [6.07, 6.45) is 0. The van der Waals surface area contributed by atoms with E-state index in [1.54, 1.807) is 0 Å². The number of hydrogen-bond donors (Lipinski definition) is 1. The van der Waals surface area contributed by atoms with Gasteiger partial charge in [-0.2, -0.15) is 0 Å². The first-order valence-corrected chi connectivity index (χ1v) is 19.2. The SMILES string of the molecule is Cc1cc(-c2cccc3c2[nH]c2cc4ccccc4cc23)c2c(c1)N1c3ccccc3S(c3ccccc3)(c3ccccc3)c3cccc(c31)[B]2. The van der Waals surface area contributed by atoms with E-state index in [2.05, 4.69) is 194 Å². The van der Waals surface area contributed by atoms with Crippen LogP contribution in [0.1, 0.15) is 5.56 Å². The minimum Gasteiger partial charge on any atom is -0.354 e. The van der Waals surface area contributed by atoms with Gasteiger partial charge >= 0.3 is 0 Å². The summed E-state index contributed by atoms with van der Waals surface area (Å²) in [6, 6.07) is 63.3. The van der Waals surface area contributed by atoms with Gasteiger partial charge in [-0.3, -0.25) is 0 Å². The zero-order chi connectivity index (χ0) is 33.7.